The van der Waals surface area contributed by atoms with Crippen molar-refractivity contribution in [3.05, 3.63) is 35.4 Å². The van der Waals surface area contributed by atoms with Gasteiger partial charge in [0.1, 0.15) is 0 Å². The molecular weight excluding hydrogens is 351 g/mol. The van der Waals surface area contributed by atoms with Gasteiger partial charge in [-0.15, -0.1) is 0 Å². The Labute approximate surface area is 149 Å². The topological polar surface area (TPSA) is 46.2 Å². The van der Waals surface area contributed by atoms with Crippen molar-refractivity contribution < 1.29 is 21.6 Å². The van der Waals surface area contributed by atoms with Gasteiger partial charge < -0.3 is 0 Å². The van der Waals surface area contributed by atoms with Crippen molar-refractivity contribution in [2.75, 3.05) is 0 Å². The van der Waals surface area contributed by atoms with Crippen molar-refractivity contribution in [1.82, 2.24) is 4.72 Å². The Kier molecular flexibility index (Phi) is 6.39. The van der Waals surface area contributed by atoms with Crippen molar-refractivity contribution in [3.8, 4) is 0 Å². The highest BCUT2D eigenvalue weighted by Gasteiger charge is 2.45. The van der Waals surface area contributed by atoms with E-state index in [4.69, 9.17) is 0 Å². The first-order chi connectivity index (χ1) is 11.0. The van der Waals surface area contributed by atoms with E-state index in [-0.39, 0.29) is 23.3 Å². The fourth-order valence-electron chi connectivity index (χ4n) is 2.66. The summed E-state index contributed by atoms with van der Waals surface area (Å²) in [6.45, 7) is 12.6. The van der Waals surface area contributed by atoms with Gasteiger partial charge in [-0.2, -0.15) is 13.2 Å². The maximum absolute atomic E-state index is 12.3. The molecule has 1 unspecified atom stereocenters. The van der Waals surface area contributed by atoms with Crippen LogP contribution in [0.2, 0.25) is 0 Å². The predicted octanol–water partition coefficient (Wildman–Crippen LogP) is 5.19. The van der Waals surface area contributed by atoms with Crippen molar-refractivity contribution in [2.24, 2.45) is 10.8 Å². The highest BCUT2D eigenvalue weighted by Crippen LogP contribution is 2.43. The van der Waals surface area contributed by atoms with Crippen LogP contribution in [0.3, 0.4) is 0 Å². The molecule has 25 heavy (non-hydrogen) atoms. The average molecular weight is 379 g/mol. The Bertz CT molecular complexity index is 666. The molecule has 1 aromatic rings. The zero-order chi connectivity index (χ0) is 19.7. The normalized spacial score (nSPS) is 15.2. The second-order valence-electron chi connectivity index (χ2n) is 8.70. The minimum Gasteiger partial charge on any atom is -0.203 e. The van der Waals surface area contributed by atoms with Gasteiger partial charge in [0, 0.05) is 6.54 Å². The van der Waals surface area contributed by atoms with Crippen molar-refractivity contribution >= 4 is 10.0 Å². The molecule has 0 bridgehead atoms. The number of alkyl halides is 3. The molecule has 0 saturated carbocycles. The molecule has 3 nitrogen and oxygen atoms in total. The van der Waals surface area contributed by atoms with Crippen LogP contribution in [-0.2, 0) is 16.6 Å². The van der Waals surface area contributed by atoms with Crippen LogP contribution in [0.1, 0.15) is 65.0 Å². The van der Waals surface area contributed by atoms with Crippen LogP contribution in [0, 0.1) is 10.8 Å². The Hall–Kier alpha value is -1.08. The molecule has 0 fully saturated rings. The van der Waals surface area contributed by atoms with E-state index in [2.05, 4.69) is 41.5 Å². The van der Waals surface area contributed by atoms with Gasteiger partial charge in [0.25, 0.3) is 0 Å². The summed E-state index contributed by atoms with van der Waals surface area (Å²) in [6.07, 6.45) is 0.969. The molecule has 7 heteroatoms. The standard InChI is InChI=1S/C18H28F3NO2S/c1-16(2,3)11-15(17(4,5)6)14-9-7-13(8-10-14)12-22-25(23,24)18(19,20)21/h7-10,15,22H,11-12H2,1-6H3. The fraction of sp³-hybridized carbons (Fsp3) is 0.667. The summed E-state index contributed by atoms with van der Waals surface area (Å²) >= 11 is 0. The summed E-state index contributed by atoms with van der Waals surface area (Å²) < 4.78 is 60.7. The molecule has 0 aliphatic heterocycles. The van der Waals surface area contributed by atoms with Crippen LogP contribution in [0.25, 0.3) is 0 Å². The third-order valence-electron chi connectivity index (χ3n) is 4.01. The van der Waals surface area contributed by atoms with Gasteiger partial charge in [0.2, 0.25) is 0 Å². The molecule has 0 radical (unpaired) electrons. The first-order valence-electron chi connectivity index (χ1n) is 8.18. The lowest BCUT2D eigenvalue weighted by Gasteiger charge is -2.36. The number of hydrogen-bond acceptors (Lipinski definition) is 2. The number of benzene rings is 1. The van der Waals surface area contributed by atoms with Crippen molar-refractivity contribution in [3.63, 3.8) is 0 Å². The van der Waals surface area contributed by atoms with Crippen LogP contribution in [0.5, 0.6) is 0 Å². The molecule has 0 aliphatic carbocycles. The minimum atomic E-state index is -5.32. The Morgan fingerprint density at radius 2 is 1.44 bits per heavy atom. The van der Waals surface area contributed by atoms with Gasteiger partial charge >= 0.3 is 15.5 Å². The summed E-state index contributed by atoms with van der Waals surface area (Å²) in [5, 5.41) is 0. The number of halogens is 3. The zero-order valence-corrected chi connectivity index (χ0v) is 16.5. The van der Waals surface area contributed by atoms with Crippen molar-refractivity contribution in [2.45, 2.75) is 65.9 Å². The third-order valence-corrected chi connectivity index (χ3v) is 5.15. The lowest BCUT2D eigenvalue weighted by Crippen LogP contribution is -2.35. The first kappa shape index (κ1) is 22.0. The van der Waals surface area contributed by atoms with E-state index in [0.29, 0.717) is 5.56 Å². The molecule has 0 heterocycles. The van der Waals surface area contributed by atoms with Gasteiger partial charge in [0.15, 0.2) is 0 Å². The largest absolute Gasteiger partial charge is 0.511 e. The summed E-state index contributed by atoms with van der Waals surface area (Å²) in [5.74, 6) is 0.286. The lowest BCUT2D eigenvalue weighted by molar-refractivity contribution is -0.0448. The Balaban J connectivity index is 2.94. The molecule has 0 aromatic heterocycles. The fourth-order valence-corrected chi connectivity index (χ4v) is 3.18. The molecule has 1 rings (SSSR count). The second-order valence-corrected chi connectivity index (χ2v) is 10.5. The summed E-state index contributed by atoms with van der Waals surface area (Å²) in [6, 6.07) is 7.10. The lowest BCUT2D eigenvalue weighted by atomic mass is 9.69. The van der Waals surface area contributed by atoms with Gasteiger partial charge in [0.05, 0.1) is 0 Å². The number of rotatable bonds is 5. The van der Waals surface area contributed by atoms with Crippen molar-refractivity contribution in [1.29, 1.82) is 0 Å². The number of hydrogen-bond donors (Lipinski definition) is 1. The van der Waals surface area contributed by atoms with E-state index >= 15 is 0 Å². The molecule has 0 spiro atoms. The van der Waals surface area contributed by atoms with E-state index in [1.54, 1.807) is 16.9 Å². The molecule has 1 aromatic carbocycles. The monoisotopic (exact) mass is 379 g/mol. The van der Waals surface area contributed by atoms with Crippen LogP contribution in [0.15, 0.2) is 24.3 Å². The highest BCUT2D eigenvalue weighted by atomic mass is 32.2. The van der Waals surface area contributed by atoms with Gasteiger partial charge in [-0.25, -0.2) is 13.1 Å². The smallest absolute Gasteiger partial charge is 0.203 e. The van der Waals surface area contributed by atoms with Gasteiger partial charge in [-0.3, -0.25) is 0 Å². The van der Waals surface area contributed by atoms with Crippen LogP contribution < -0.4 is 4.72 Å². The summed E-state index contributed by atoms with van der Waals surface area (Å²) in [7, 11) is -5.32. The number of nitrogens with one attached hydrogen (secondary N) is 1. The molecule has 1 N–H and O–H groups in total. The third kappa shape index (κ3) is 6.62. The van der Waals surface area contributed by atoms with E-state index < -0.39 is 15.5 Å². The SMILES string of the molecule is CC(C)(C)CC(c1ccc(CNS(=O)(=O)C(F)(F)F)cc1)C(C)(C)C. The van der Waals surface area contributed by atoms with Crippen LogP contribution in [-0.4, -0.2) is 13.9 Å². The molecule has 0 aliphatic rings. The zero-order valence-electron chi connectivity index (χ0n) is 15.7. The minimum absolute atomic E-state index is 0.0344. The van der Waals surface area contributed by atoms with Crippen LogP contribution in [0.4, 0.5) is 13.2 Å². The average Bonchev–Trinajstić information content (AvgIpc) is 2.40. The molecule has 0 saturated heterocycles. The molecule has 1 atom stereocenters. The van der Waals surface area contributed by atoms with Crippen LogP contribution >= 0.6 is 0 Å². The predicted molar refractivity (Wildman–Crippen MR) is 94.5 cm³/mol. The maximum Gasteiger partial charge on any atom is 0.511 e. The number of sulfonamides is 1. The van der Waals surface area contributed by atoms with E-state index in [1.807, 2.05) is 12.1 Å². The summed E-state index contributed by atoms with van der Waals surface area (Å²) in [4.78, 5) is 0. The first-order valence-corrected chi connectivity index (χ1v) is 9.66. The second kappa shape index (κ2) is 7.27. The molecular formula is C18H28F3NO2S. The highest BCUT2D eigenvalue weighted by molar-refractivity contribution is 7.90. The maximum atomic E-state index is 12.3. The molecule has 144 valence electrons. The van der Waals surface area contributed by atoms with Gasteiger partial charge in [-0.05, 0) is 34.3 Å². The van der Waals surface area contributed by atoms with E-state index in [0.717, 1.165) is 12.0 Å². The molecule has 0 amide bonds. The summed E-state index contributed by atoms with van der Waals surface area (Å²) in [5.41, 5.74) is -3.53. The van der Waals surface area contributed by atoms with Gasteiger partial charge in [-0.1, -0.05) is 65.8 Å². The Morgan fingerprint density at radius 1 is 0.960 bits per heavy atom. The van der Waals surface area contributed by atoms with E-state index in [1.165, 1.54) is 0 Å². The van der Waals surface area contributed by atoms with E-state index in [9.17, 15) is 21.6 Å². The quantitative estimate of drug-likeness (QED) is 0.765. The Morgan fingerprint density at radius 3 is 1.80 bits per heavy atom.